The number of carbonyl (C=O) groups excluding carboxylic acids is 2. The first-order valence-electron chi connectivity index (χ1n) is 10.4. The van der Waals surface area contributed by atoms with Crippen LogP contribution in [-0.4, -0.2) is 62.7 Å². The monoisotopic (exact) mass is 386 g/mol. The minimum absolute atomic E-state index is 0.0281. The largest absolute Gasteiger partial charge is 0.379 e. The van der Waals surface area contributed by atoms with Gasteiger partial charge >= 0.3 is 0 Å². The molecule has 2 amide bonds. The summed E-state index contributed by atoms with van der Waals surface area (Å²) in [5.41, 5.74) is 1.26. The van der Waals surface area contributed by atoms with Gasteiger partial charge in [-0.3, -0.25) is 14.5 Å². The SMILES string of the molecule is O=C(CN1CCOCC1)Nc1ccc(NC(=O)[C@@]23CCCC[C@H]2CNC3)cc1. The average molecular weight is 386 g/mol. The molecule has 1 aliphatic carbocycles. The predicted octanol–water partition coefficient (Wildman–Crippen LogP) is 1.68. The summed E-state index contributed by atoms with van der Waals surface area (Å²) < 4.78 is 5.30. The molecule has 2 heterocycles. The molecule has 28 heavy (non-hydrogen) atoms. The molecule has 1 aromatic carbocycles. The molecule has 7 heteroatoms. The normalized spacial score (nSPS) is 27.8. The zero-order valence-corrected chi connectivity index (χ0v) is 16.3. The summed E-state index contributed by atoms with van der Waals surface area (Å²) in [4.78, 5) is 27.3. The average Bonchev–Trinajstić information content (AvgIpc) is 3.16. The highest BCUT2D eigenvalue weighted by molar-refractivity contribution is 5.97. The van der Waals surface area contributed by atoms with E-state index < -0.39 is 0 Å². The lowest BCUT2D eigenvalue weighted by atomic mass is 9.67. The first-order chi connectivity index (χ1) is 13.7. The van der Waals surface area contributed by atoms with E-state index >= 15 is 0 Å². The molecule has 3 fully saturated rings. The number of anilines is 2. The fraction of sp³-hybridized carbons (Fsp3) is 0.619. The van der Waals surface area contributed by atoms with E-state index in [0.29, 0.717) is 25.7 Å². The minimum Gasteiger partial charge on any atom is -0.379 e. The Hall–Kier alpha value is -1.96. The first kappa shape index (κ1) is 19.4. The number of ether oxygens (including phenoxy) is 1. The van der Waals surface area contributed by atoms with E-state index in [-0.39, 0.29) is 17.2 Å². The van der Waals surface area contributed by atoms with Crippen molar-refractivity contribution >= 4 is 23.2 Å². The third-order valence-corrected chi connectivity index (χ3v) is 6.39. The lowest BCUT2D eigenvalue weighted by Gasteiger charge is -2.37. The summed E-state index contributed by atoms with van der Waals surface area (Å²) in [7, 11) is 0. The second kappa shape index (κ2) is 8.59. The van der Waals surface area contributed by atoms with Crippen molar-refractivity contribution in [1.29, 1.82) is 0 Å². The number of hydrogen-bond donors (Lipinski definition) is 3. The van der Waals surface area contributed by atoms with Crippen molar-refractivity contribution in [1.82, 2.24) is 10.2 Å². The predicted molar refractivity (Wildman–Crippen MR) is 108 cm³/mol. The highest BCUT2D eigenvalue weighted by Crippen LogP contribution is 2.44. The molecule has 2 aliphatic heterocycles. The van der Waals surface area contributed by atoms with Gasteiger partial charge in [0.05, 0.1) is 25.2 Å². The van der Waals surface area contributed by atoms with E-state index in [1.165, 1.54) is 6.42 Å². The maximum absolute atomic E-state index is 13.0. The number of rotatable bonds is 5. The molecule has 7 nitrogen and oxygen atoms in total. The fourth-order valence-corrected chi connectivity index (χ4v) is 4.75. The van der Waals surface area contributed by atoms with Crippen molar-refractivity contribution in [2.45, 2.75) is 25.7 Å². The van der Waals surface area contributed by atoms with Crippen molar-refractivity contribution < 1.29 is 14.3 Å². The van der Waals surface area contributed by atoms with Crippen LogP contribution in [0.4, 0.5) is 11.4 Å². The Morgan fingerprint density at radius 3 is 2.57 bits per heavy atom. The molecule has 0 unspecified atom stereocenters. The van der Waals surface area contributed by atoms with Crippen LogP contribution in [0, 0.1) is 11.3 Å². The zero-order valence-electron chi connectivity index (χ0n) is 16.3. The second-order valence-electron chi connectivity index (χ2n) is 8.20. The third kappa shape index (κ3) is 4.21. The highest BCUT2D eigenvalue weighted by atomic mass is 16.5. The second-order valence-corrected chi connectivity index (χ2v) is 8.20. The van der Waals surface area contributed by atoms with Crippen LogP contribution < -0.4 is 16.0 Å². The maximum Gasteiger partial charge on any atom is 0.238 e. The smallest absolute Gasteiger partial charge is 0.238 e. The van der Waals surface area contributed by atoms with Gasteiger partial charge in [-0.2, -0.15) is 0 Å². The molecule has 0 radical (unpaired) electrons. The molecule has 1 saturated carbocycles. The van der Waals surface area contributed by atoms with Gasteiger partial charge in [0.25, 0.3) is 0 Å². The standard InChI is InChI=1S/C21H30N4O3/c26-19(14-25-9-11-28-12-10-25)23-17-4-6-18(7-5-17)24-20(27)21-8-2-1-3-16(21)13-22-15-21/h4-7,16,22H,1-3,8-15H2,(H,23,26)(H,24,27)/t16-,21+/m0/s1. The van der Waals surface area contributed by atoms with Crippen LogP contribution in [0.3, 0.4) is 0 Å². The number of amides is 2. The molecule has 4 rings (SSSR count). The number of fused-ring (bicyclic) bond motifs is 1. The summed E-state index contributed by atoms with van der Waals surface area (Å²) >= 11 is 0. The molecule has 3 N–H and O–H groups in total. The van der Waals surface area contributed by atoms with E-state index in [9.17, 15) is 9.59 Å². The quantitative estimate of drug-likeness (QED) is 0.717. The molecule has 1 aromatic rings. The number of nitrogens with one attached hydrogen (secondary N) is 3. The Morgan fingerprint density at radius 1 is 1.11 bits per heavy atom. The van der Waals surface area contributed by atoms with E-state index in [1.54, 1.807) is 0 Å². The van der Waals surface area contributed by atoms with Gasteiger partial charge in [0, 0.05) is 31.0 Å². The molecule has 0 aromatic heterocycles. The first-order valence-corrected chi connectivity index (χ1v) is 10.4. The summed E-state index contributed by atoms with van der Waals surface area (Å²) in [5, 5.41) is 9.45. The van der Waals surface area contributed by atoms with Crippen molar-refractivity contribution in [2.24, 2.45) is 11.3 Å². The Balaban J connectivity index is 1.31. The van der Waals surface area contributed by atoms with Gasteiger partial charge < -0.3 is 20.7 Å². The minimum atomic E-state index is -0.261. The summed E-state index contributed by atoms with van der Waals surface area (Å²) in [5.74, 6) is 0.547. The van der Waals surface area contributed by atoms with Crippen molar-refractivity contribution in [3.05, 3.63) is 24.3 Å². The van der Waals surface area contributed by atoms with Crippen molar-refractivity contribution in [3.63, 3.8) is 0 Å². The van der Waals surface area contributed by atoms with Crippen LogP contribution in [0.1, 0.15) is 25.7 Å². The molecular weight excluding hydrogens is 356 g/mol. The Morgan fingerprint density at radius 2 is 1.82 bits per heavy atom. The van der Waals surface area contributed by atoms with Gasteiger partial charge in [0.15, 0.2) is 0 Å². The van der Waals surface area contributed by atoms with Gasteiger partial charge in [-0.15, -0.1) is 0 Å². The number of morpholine rings is 1. The molecule has 2 atom stereocenters. The van der Waals surface area contributed by atoms with Crippen LogP contribution in [0.2, 0.25) is 0 Å². The Labute approximate surface area is 166 Å². The van der Waals surface area contributed by atoms with Crippen LogP contribution in [0.25, 0.3) is 0 Å². The summed E-state index contributed by atoms with van der Waals surface area (Å²) in [6.45, 7) is 5.03. The van der Waals surface area contributed by atoms with Crippen molar-refractivity contribution in [2.75, 3.05) is 56.6 Å². The van der Waals surface area contributed by atoms with Gasteiger partial charge in [-0.25, -0.2) is 0 Å². The van der Waals surface area contributed by atoms with Gasteiger partial charge in [-0.05, 0) is 49.6 Å². The third-order valence-electron chi connectivity index (χ3n) is 6.39. The lowest BCUT2D eigenvalue weighted by molar-refractivity contribution is -0.128. The van der Waals surface area contributed by atoms with E-state index in [4.69, 9.17) is 4.74 Å². The van der Waals surface area contributed by atoms with E-state index in [1.807, 2.05) is 24.3 Å². The van der Waals surface area contributed by atoms with Gasteiger partial charge in [-0.1, -0.05) is 12.8 Å². The molecule has 2 saturated heterocycles. The van der Waals surface area contributed by atoms with Crippen LogP contribution in [0.5, 0.6) is 0 Å². The Kier molecular flexibility index (Phi) is 5.94. The number of hydrogen-bond acceptors (Lipinski definition) is 5. The molecule has 3 aliphatic rings. The highest BCUT2D eigenvalue weighted by Gasteiger charge is 2.49. The topological polar surface area (TPSA) is 82.7 Å². The molecule has 152 valence electrons. The number of benzene rings is 1. The van der Waals surface area contributed by atoms with Crippen LogP contribution in [-0.2, 0) is 14.3 Å². The molecule has 0 bridgehead atoms. The van der Waals surface area contributed by atoms with Crippen molar-refractivity contribution in [3.8, 4) is 0 Å². The summed E-state index contributed by atoms with van der Waals surface area (Å²) in [6, 6.07) is 7.41. The zero-order chi connectivity index (χ0) is 19.4. The fourth-order valence-electron chi connectivity index (χ4n) is 4.75. The molecule has 0 spiro atoms. The number of carbonyl (C=O) groups is 2. The Bertz CT molecular complexity index is 702. The lowest BCUT2D eigenvalue weighted by Crippen LogP contribution is -2.44. The van der Waals surface area contributed by atoms with Crippen LogP contribution >= 0.6 is 0 Å². The maximum atomic E-state index is 13.0. The van der Waals surface area contributed by atoms with E-state index in [2.05, 4.69) is 20.9 Å². The molecular formula is C21H30N4O3. The van der Waals surface area contributed by atoms with E-state index in [0.717, 1.165) is 56.8 Å². The summed E-state index contributed by atoms with van der Waals surface area (Å²) in [6.07, 6.45) is 4.45. The van der Waals surface area contributed by atoms with Crippen LogP contribution in [0.15, 0.2) is 24.3 Å². The number of nitrogens with zero attached hydrogens (tertiary/aromatic N) is 1. The van der Waals surface area contributed by atoms with Gasteiger partial charge in [0.2, 0.25) is 11.8 Å². The van der Waals surface area contributed by atoms with Gasteiger partial charge in [0.1, 0.15) is 0 Å².